The quantitative estimate of drug-likeness (QED) is 0.874. The zero-order valence-electron chi connectivity index (χ0n) is 11.4. The second-order valence-electron chi connectivity index (χ2n) is 5.42. The van der Waals surface area contributed by atoms with Crippen LogP contribution in [0.25, 0.3) is 0 Å². The average molecular weight is 263 g/mol. The molecule has 0 aliphatic carbocycles. The molecular formula is C15H21NO3. The fourth-order valence-electron chi connectivity index (χ4n) is 2.52. The van der Waals surface area contributed by atoms with Gasteiger partial charge < -0.3 is 15.2 Å². The van der Waals surface area contributed by atoms with Crippen molar-refractivity contribution in [1.82, 2.24) is 5.32 Å². The van der Waals surface area contributed by atoms with Crippen LogP contribution in [-0.2, 0) is 9.53 Å². The Labute approximate surface area is 113 Å². The highest BCUT2D eigenvalue weighted by molar-refractivity contribution is 5.75. The summed E-state index contributed by atoms with van der Waals surface area (Å²) in [5.41, 5.74) is 0.308. The summed E-state index contributed by atoms with van der Waals surface area (Å²) in [5, 5.41) is 12.9. The van der Waals surface area contributed by atoms with Gasteiger partial charge in [-0.25, -0.2) is 0 Å². The Morgan fingerprint density at radius 3 is 2.79 bits per heavy atom. The first kappa shape index (κ1) is 14.0. The van der Waals surface area contributed by atoms with E-state index in [1.165, 1.54) is 5.56 Å². The van der Waals surface area contributed by atoms with Crippen molar-refractivity contribution in [3.8, 4) is 0 Å². The van der Waals surface area contributed by atoms with Crippen molar-refractivity contribution in [2.75, 3.05) is 13.2 Å². The zero-order chi connectivity index (χ0) is 13.9. The van der Waals surface area contributed by atoms with Gasteiger partial charge in [0.05, 0.1) is 6.61 Å². The fraction of sp³-hybridized carbons (Fsp3) is 0.533. The number of benzene rings is 1. The molecule has 0 spiro atoms. The largest absolute Gasteiger partial charge is 0.481 e. The number of rotatable bonds is 4. The maximum absolute atomic E-state index is 11.5. The highest BCUT2D eigenvalue weighted by Gasteiger charge is 2.44. The highest BCUT2D eigenvalue weighted by Crippen LogP contribution is 2.30. The van der Waals surface area contributed by atoms with Gasteiger partial charge in [0.1, 0.15) is 5.41 Å². The Morgan fingerprint density at radius 2 is 2.16 bits per heavy atom. The molecule has 1 heterocycles. The lowest BCUT2D eigenvalue weighted by Crippen LogP contribution is -2.54. The highest BCUT2D eigenvalue weighted by atomic mass is 16.5. The van der Waals surface area contributed by atoms with E-state index in [4.69, 9.17) is 4.74 Å². The molecule has 1 aromatic carbocycles. The SMILES string of the molecule is C[C@@H](NC1CCOCC1(C)C(=O)O)c1ccccc1. The molecule has 104 valence electrons. The lowest BCUT2D eigenvalue weighted by molar-refractivity contribution is -0.158. The normalized spacial score (nSPS) is 28.8. The van der Waals surface area contributed by atoms with Crippen LogP contribution >= 0.6 is 0 Å². The number of ether oxygens (including phenoxy) is 1. The van der Waals surface area contributed by atoms with Crippen LogP contribution in [0.3, 0.4) is 0 Å². The van der Waals surface area contributed by atoms with Crippen LogP contribution in [0.4, 0.5) is 0 Å². The smallest absolute Gasteiger partial charge is 0.313 e. The number of nitrogens with one attached hydrogen (secondary N) is 1. The lowest BCUT2D eigenvalue weighted by atomic mass is 9.79. The first-order valence-corrected chi connectivity index (χ1v) is 6.66. The van der Waals surface area contributed by atoms with Crippen LogP contribution < -0.4 is 5.32 Å². The number of hydrogen-bond acceptors (Lipinski definition) is 3. The van der Waals surface area contributed by atoms with Gasteiger partial charge in [-0.1, -0.05) is 30.3 Å². The third-order valence-electron chi connectivity index (χ3n) is 3.96. The summed E-state index contributed by atoms with van der Waals surface area (Å²) in [7, 11) is 0. The molecule has 4 nitrogen and oxygen atoms in total. The molecule has 2 unspecified atom stereocenters. The number of carboxylic acid groups (broad SMARTS) is 1. The molecule has 0 aromatic heterocycles. The molecule has 19 heavy (non-hydrogen) atoms. The lowest BCUT2D eigenvalue weighted by Gasteiger charge is -2.39. The Morgan fingerprint density at radius 1 is 1.47 bits per heavy atom. The summed E-state index contributed by atoms with van der Waals surface area (Å²) < 4.78 is 5.34. The Kier molecular flexibility index (Phi) is 4.22. The monoisotopic (exact) mass is 263 g/mol. The second kappa shape index (κ2) is 5.72. The zero-order valence-corrected chi connectivity index (χ0v) is 11.4. The van der Waals surface area contributed by atoms with E-state index < -0.39 is 11.4 Å². The maximum atomic E-state index is 11.5. The molecule has 0 bridgehead atoms. The van der Waals surface area contributed by atoms with Gasteiger partial charge in [0.15, 0.2) is 0 Å². The Hall–Kier alpha value is -1.39. The van der Waals surface area contributed by atoms with E-state index in [0.717, 1.165) is 6.42 Å². The van der Waals surface area contributed by atoms with Gasteiger partial charge in [0, 0.05) is 18.7 Å². The Balaban J connectivity index is 2.10. The van der Waals surface area contributed by atoms with Gasteiger partial charge >= 0.3 is 5.97 Å². The van der Waals surface area contributed by atoms with E-state index in [9.17, 15) is 9.90 Å². The number of hydrogen-bond donors (Lipinski definition) is 2. The minimum absolute atomic E-state index is 0.0750. The van der Waals surface area contributed by atoms with Crippen LogP contribution in [0, 0.1) is 5.41 Å². The van der Waals surface area contributed by atoms with Gasteiger partial charge in [0.2, 0.25) is 0 Å². The summed E-state index contributed by atoms with van der Waals surface area (Å²) in [4.78, 5) is 11.5. The van der Waals surface area contributed by atoms with E-state index in [1.54, 1.807) is 6.92 Å². The molecule has 2 rings (SSSR count). The van der Waals surface area contributed by atoms with Gasteiger partial charge in [-0.3, -0.25) is 4.79 Å². The third-order valence-corrected chi connectivity index (χ3v) is 3.96. The van der Waals surface area contributed by atoms with Gasteiger partial charge in [-0.15, -0.1) is 0 Å². The summed E-state index contributed by atoms with van der Waals surface area (Å²) in [6.07, 6.45) is 0.722. The minimum Gasteiger partial charge on any atom is -0.481 e. The van der Waals surface area contributed by atoms with E-state index in [2.05, 4.69) is 24.4 Å². The molecule has 1 fully saturated rings. The van der Waals surface area contributed by atoms with Crippen molar-refractivity contribution in [3.05, 3.63) is 35.9 Å². The van der Waals surface area contributed by atoms with E-state index in [0.29, 0.717) is 6.61 Å². The van der Waals surface area contributed by atoms with Crippen molar-refractivity contribution in [2.24, 2.45) is 5.41 Å². The van der Waals surface area contributed by atoms with Crippen molar-refractivity contribution < 1.29 is 14.6 Å². The number of carbonyl (C=O) groups is 1. The first-order valence-electron chi connectivity index (χ1n) is 6.66. The van der Waals surface area contributed by atoms with Crippen molar-refractivity contribution in [3.63, 3.8) is 0 Å². The molecule has 0 amide bonds. The average Bonchev–Trinajstić information content (AvgIpc) is 2.42. The summed E-state index contributed by atoms with van der Waals surface area (Å²) >= 11 is 0. The summed E-state index contributed by atoms with van der Waals surface area (Å²) in [6, 6.07) is 10.1. The number of carboxylic acids is 1. The molecular weight excluding hydrogens is 242 g/mol. The van der Waals surface area contributed by atoms with E-state index in [1.807, 2.05) is 18.2 Å². The summed E-state index contributed by atoms with van der Waals surface area (Å²) in [5.74, 6) is -0.801. The summed E-state index contributed by atoms with van der Waals surface area (Å²) in [6.45, 7) is 4.69. The van der Waals surface area contributed by atoms with E-state index >= 15 is 0 Å². The molecule has 0 radical (unpaired) electrons. The topological polar surface area (TPSA) is 58.6 Å². The standard InChI is InChI=1S/C15H21NO3/c1-11(12-6-4-3-5-7-12)16-13-8-9-19-10-15(13,2)14(17)18/h3-7,11,13,16H,8-10H2,1-2H3,(H,17,18)/t11-,13?,15?/m1/s1. The predicted octanol–water partition coefficient (Wildman–Crippen LogP) is 2.22. The van der Waals surface area contributed by atoms with Crippen molar-refractivity contribution in [2.45, 2.75) is 32.4 Å². The van der Waals surface area contributed by atoms with Crippen molar-refractivity contribution in [1.29, 1.82) is 0 Å². The molecule has 1 aliphatic rings. The molecule has 0 saturated carbocycles. The molecule has 3 atom stereocenters. The van der Waals surface area contributed by atoms with Gasteiger partial charge in [-0.05, 0) is 25.8 Å². The van der Waals surface area contributed by atoms with Crippen LogP contribution in [0.1, 0.15) is 31.9 Å². The van der Waals surface area contributed by atoms with Crippen molar-refractivity contribution >= 4 is 5.97 Å². The fourth-order valence-corrected chi connectivity index (χ4v) is 2.52. The van der Waals surface area contributed by atoms with Crippen LogP contribution in [0.2, 0.25) is 0 Å². The van der Waals surface area contributed by atoms with Gasteiger partial charge in [0.25, 0.3) is 0 Å². The number of aliphatic carboxylic acids is 1. The minimum atomic E-state index is -0.860. The third kappa shape index (κ3) is 2.96. The molecule has 1 aromatic rings. The molecule has 1 aliphatic heterocycles. The predicted molar refractivity (Wildman–Crippen MR) is 73.0 cm³/mol. The molecule has 4 heteroatoms. The maximum Gasteiger partial charge on any atom is 0.313 e. The van der Waals surface area contributed by atoms with Crippen LogP contribution in [0.5, 0.6) is 0 Å². The van der Waals surface area contributed by atoms with E-state index in [-0.39, 0.29) is 18.7 Å². The van der Waals surface area contributed by atoms with Gasteiger partial charge in [-0.2, -0.15) is 0 Å². The Bertz CT molecular complexity index is 434. The van der Waals surface area contributed by atoms with Crippen LogP contribution in [0.15, 0.2) is 30.3 Å². The molecule has 1 saturated heterocycles. The molecule has 2 N–H and O–H groups in total. The second-order valence-corrected chi connectivity index (χ2v) is 5.42. The van der Waals surface area contributed by atoms with Crippen LogP contribution in [-0.4, -0.2) is 30.3 Å². The first-order chi connectivity index (χ1) is 9.04.